The van der Waals surface area contributed by atoms with E-state index in [-0.39, 0.29) is 0 Å². The second-order valence-electron chi connectivity index (χ2n) is 4.98. The van der Waals surface area contributed by atoms with Crippen LogP contribution in [0.5, 0.6) is 0 Å². The summed E-state index contributed by atoms with van der Waals surface area (Å²) in [6.45, 7) is 0.598. The Morgan fingerprint density at radius 2 is 1.83 bits per heavy atom. The Morgan fingerprint density at radius 1 is 1.04 bits per heavy atom. The van der Waals surface area contributed by atoms with Gasteiger partial charge < -0.3 is 5.32 Å². The van der Waals surface area contributed by atoms with E-state index in [0.717, 1.165) is 11.3 Å². The second-order valence-corrected chi connectivity index (χ2v) is 6.26. The monoisotopic (exact) mass is 377 g/mol. The van der Waals surface area contributed by atoms with E-state index < -0.39 is 0 Å². The number of thiocarbonyl (C=S) groups is 1. The molecule has 24 heavy (non-hydrogen) atoms. The lowest BCUT2D eigenvalue weighted by atomic mass is 10.2. The Bertz CT molecular complexity index is 848. The van der Waals surface area contributed by atoms with Crippen molar-refractivity contribution in [2.24, 2.45) is 0 Å². The molecule has 0 spiro atoms. The number of aromatic nitrogens is 3. The van der Waals surface area contributed by atoms with Crippen molar-refractivity contribution in [3.8, 4) is 0 Å². The fourth-order valence-corrected chi connectivity index (χ4v) is 2.56. The van der Waals surface area contributed by atoms with Crippen molar-refractivity contribution in [2.45, 2.75) is 6.54 Å². The molecular formula is C16H13Cl2N5S. The predicted octanol–water partition coefficient (Wildman–Crippen LogP) is 4.44. The number of anilines is 2. The molecule has 0 aliphatic rings. The van der Waals surface area contributed by atoms with Gasteiger partial charge in [0.2, 0.25) is 5.95 Å². The zero-order chi connectivity index (χ0) is 16.9. The van der Waals surface area contributed by atoms with E-state index in [1.54, 1.807) is 23.1 Å². The molecule has 0 unspecified atom stereocenters. The van der Waals surface area contributed by atoms with Gasteiger partial charge in [-0.2, -0.15) is 0 Å². The van der Waals surface area contributed by atoms with Crippen LogP contribution in [0.15, 0.2) is 54.9 Å². The average Bonchev–Trinajstić information content (AvgIpc) is 2.96. The molecule has 122 valence electrons. The molecule has 1 heterocycles. The number of nitrogens with zero attached hydrogens (tertiary/aromatic N) is 3. The van der Waals surface area contributed by atoms with E-state index in [2.05, 4.69) is 20.7 Å². The Kier molecular flexibility index (Phi) is 5.30. The van der Waals surface area contributed by atoms with Gasteiger partial charge >= 0.3 is 0 Å². The largest absolute Gasteiger partial charge is 0.332 e. The van der Waals surface area contributed by atoms with Crippen LogP contribution in [0.2, 0.25) is 10.0 Å². The van der Waals surface area contributed by atoms with Gasteiger partial charge in [-0.25, -0.2) is 9.67 Å². The standard InChI is InChI=1S/C16H13Cl2N5S/c17-12-6-4-11(5-7-12)9-23-10-19-15(22-23)21-16(24)20-14-3-1-2-13(18)8-14/h1-8,10H,9H2,(H2,20,21,22,24). The van der Waals surface area contributed by atoms with Crippen LogP contribution in [0.1, 0.15) is 5.56 Å². The van der Waals surface area contributed by atoms with Gasteiger partial charge in [-0.05, 0) is 48.1 Å². The number of rotatable bonds is 4. The zero-order valence-electron chi connectivity index (χ0n) is 12.4. The molecule has 1 aromatic heterocycles. The molecule has 0 radical (unpaired) electrons. The highest BCUT2D eigenvalue weighted by atomic mass is 35.5. The smallest absolute Gasteiger partial charge is 0.248 e. The van der Waals surface area contributed by atoms with Gasteiger partial charge in [0, 0.05) is 15.7 Å². The van der Waals surface area contributed by atoms with Crippen LogP contribution >= 0.6 is 35.4 Å². The molecule has 0 atom stereocenters. The van der Waals surface area contributed by atoms with E-state index in [0.29, 0.717) is 27.7 Å². The molecule has 0 bridgehead atoms. The van der Waals surface area contributed by atoms with Gasteiger partial charge in [0.15, 0.2) is 5.11 Å². The van der Waals surface area contributed by atoms with E-state index in [9.17, 15) is 0 Å². The highest BCUT2D eigenvalue weighted by Gasteiger charge is 2.05. The average molecular weight is 378 g/mol. The van der Waals surface area contributed by atoms with E-state index in [4.69, 9.17) is 35.4 Å². The summed E-state index contributed by atoms with van der Waals surface area (Å²) in [4.78, 5) is 4.19. The molecular weight excluding hydrogens is 365 g/mol. The van der Waals surface area contributed by atoms with Crippen molar-refractivity contribution in [3.63, 3.8) is 0 Å². The molecule has 3 rings (SSSR count). The molecule has 2 N–H and O–H groups in total. The third-order valence-electron chi connectivity index (χ3n) is 3.10. The number of benzene rings is 2. The quantitative estimate of drug-likeness (QED) is 0.658. The first kappa shape index (κ1) is 16.7. The Morgan fingerprint density at radius 3 is 2.58 bits per heavy atom. The van der Waals surface area contributed by atoms with Crippen molar-refractivity contribution in [3.05, 3.63) is 70.5 Å². The van der Waals surface area contributed by atoms with Crippen LogP contribution in [0.4, 0.5) is 11.6 Å². The molecule has 0 saturated heterocycles. The minimum Gasteiger partial charge on any atom is -0.332 e. The summed E-state index contributed by atoms with van der Waals surface area (Å²) in [5.74, 6) is 0.420. The van der Waals surface area contributed by atoms with Crippen LogP contribution in [0.25, 0.3) is 0 Å². The summed E-state index contributed by atoms with van der Waals surface area (Å²) in [6.07, 6.45) is 1.64. The first-order chi connectivity index (χ1) is 11.6. The van der Waals surface area contributed by atoms with E-state index in [1.807, 2.05) is 36.4 Å². The van der Waals surface area contributed by atoms with Gasteiger partial charge in [-0.1, -0.05) is 41.4 Å². The van der Waals surface area contributed by atoms with E-state index >= 15 is 0 Å². The third kappa shape index (κ3) is 4.67. The minimum atomic E-state index is 0.390. The Hall–Kier alpha value is -2.15. The summed E-state index contributed by atoms with van der Waals surface area (Å²) in [5, 5.41) is 12.0. The lowest BCUT2D eigenvalue weighted by Crippen LogP contribution is -2.20. The minimum absolute atomic E-state index is 0.390. The maximum atomic E-state index is 5.94. The van der Waals surface area contributed by atoms with Crippen molar-refractivity contribution >= 4 is 52.2 Å². The molecule has 0 fully saturated rings. The second kappa shape index (κ2) is 7.61. The Balaban J connectivity index is 1.59. The van der Waals surface area contributed by atoms with Gasteiger partial charge in [-0.15, -0.1) is 5.10 Å². The van der Waals surface area contributed by atoms with Crippen molar-refractivity contribution in [2.75, 3.05) is 10.6 Å². The van der Waals surface area contributed by atoms with Crippen LogP contribution < -0.4 is 10.6 Å². The molecule has 2 aromatic carbocycles. The number of halogens is 2. The molecule has 0 amide bonds. The van der Waals surface area contributed by atoms with Gasteiger partial charge in [-0.3, -0.25) is 5.32 Å². The topological polar surface area (TPSA) is 54.8 Å². The molecule has 0 saturated carbocycles. The zero-order valence-corrected chi connectivity index (χ0v) is 14.7. The summed E-state index contributed by atoms with van der Waals surface area (Å²) in [7, 11) is 0. The van der Waals surface area contributed by atoms with E-state index in [1.165, 1.54) is 0 Å². The molecule has 8 heteroatoms. The molecule has 3 aromatic rings. The van der Waals surface area contributed by atoms with Crippen LogP contribution in [0.3, 0.4) is 0 Å². The lowest BCUT2D eigenvalue weighted by molar-refractivity contribution is 0.687. The van der Waals surface area contributed by atoms with Gasteiger partial charge in [0.1, 0.15) is 6.33 Å². The molecule has 0 aliphatic heterocycles. The molecule has 0 aliphatic carbocycles. The normalized spacial score (nSPS) is 10.4. The molecule has 5 nitrogen and oxygen atoms in total. The first-order valence-corrected chi connectivity index (χ1v) is 8.22. The fraction of sp³-hybridized carbons (Fsp3) is 0.0625. The van der Waals surface area contributed by atoms with Crippen LogP contribution in [0, 0.1) is 0 Å². The predicted molar refractivity (Wildman–Crippen MR) is 102 cm³/mol. The first-order valence-electron chi connectivity index (χ1n) is 7.06. The summed E-state index contributed by atoms with van der Waals surface area (Å²) in [6, 6.07) is 14.9. The number of hydrogen-bond donors (Lipinski definition) is 2. The number of nitrogens with one attached hydrogen (secondary N) is 2. The fourth-order valence-electron chi connectivity index (χ4n) is 2.04. The van der Waals surface area contributed by atoms with Crippen LogP contribution in [-0.2, 0) is 6.54 Å². The van der Waals surface area contributed by atoms with Crippen LogP contribution in [-0.4, -0.2) is 19.9 Å². The lowest BCUT2D eigenvalue weighted by Gasteiger charge is -2.08. The van der Waals surface area contributed by atoms with Crippen molar-refractivity contribution in [1.29, 1.82) is 0 Å². The van der Waals surface area contributed by atoms with Gasteiger partial charge in [0.05, 0.1) is 6.54 Å². The summed E-state index contributed by atoms with van der Waals surface area (Å²) < 4.78 is 1.72. The number of hydrogen-bond acceptors (Lipinski definition) is 3. The van der Waals surface area contributed by atoms with Crippen molar-refractivity contribution in [1.82, 2.24) is 14.8 Å². The third-order valence-corrected chi connectivity index (χ3v) is 3.79. The van der Waals surface area contributed by atoms with Crippen molar-refractivity contribution < 1.29 is 0 Å². The van der Waals surface area contributed by atoms with Gasteiger partial charge in [0.25, 0.3) is 0 Å². The Labute approximate surface area is 154 Å². The summed E-state index contributed by atoms with van der Waals surface area (Å²) >= 11 is 17.1. The highest BCUT2D eigenvalue weighted by molar-refractivity contribution is 7.80. The maximum absolute atomic E-state index is 5.94. The highest BCUT2D eigenvalue weighted by Crippen LogP contribution is 2.15. The maximum Gasteiger partial charge on any atom is 0.248 e. The summed E-state index contributed by atoms with van der Waals surface area (Å²) in [5.41, 5.74) is 1.87. The SMILES string of the molecule is S=C(Nc1cccc(Cl)c1)Nc1ncn(Cc2ccc(Cl)cc2)n1.